The van der Waals surface area contributed by atoms with E-state index in [-0.39, 0.29) is 12.5 Å². The van der Waals surface area contributed by atoms with Gasteiger partial charge in [0.15, 0.2) is 0 Å². The van der Waals surface area contributed by atoms with Crippen molar-refractivity contribution in [3.8, 4) is 0 Å². The molecule has 1 heterocycles. The Bertz CT molecular complexity index is 934. The molecule has 2 aromatic rings. The Balaban J connectivity index is 1.50. The van der Waals surface area contributed by atoms with Crippen molar-refractivity contribution in [3.05, 3.63) is 65.7 Å². The zero-order valence-electron chi connectivity index (χ0n) is 15.8. The fraction of sp³-hybridized carbons (Fsp3) is 0.273. The van der Waals surface area contributed by atoms with Gasteiger partial charge in [-0.3, -0.25) is 24.1 Å². The molecule has 2 aliphatic rings. The minimum atomic E-state index is -0.495. The van der Waals surface area contributed by atoms with Gasteiger partial charge in [0.2, 0.25) is 11.8 Å². The van der Waals surface area contributed by atoms with Gasteiger partial charge in [-0.1, -0.05) is 30.3 Å². The fourth-order valence-corrected chi connectivity index (χ4v) is 3.31. The van der Waals surface area contributed by atoms with Gasteiger partial charge in [-0.05, 0) is 43.0 Å². The largest absolute Gasteiger partial charge is 0.354 e. The second-order valence-corrected chi connectivity index (χ2v) is 7.30. The number of amides is 4. The molecule has 2 aromatic carbocycles. The van der Waals surface area contributed by atoms with Crippen LogP contribution in [0.5, 0.6) is 0 Å². The van der Waals surface area contributed by atoms with Gasteiger partial charge in [0, 0.05) is 12.2 Å². The number of para-hydroxylation sites is 1. The Morgan fingerprint density at radius 1 is 0.931 bits per heavy atom. The molecule has 0 unspecified atom stereocenters. The summed E-state index contributed by atoms with van der Waals surface area (Å²) < 4.78 is 0. The summed E-state index contributed by atoms with van der Waals surface area (Å²) in [5, 5.41) is 2.84. The van der Waals surface area contributed by atoms with E-state index in [1.165, 1.54) is 4.90 Å². The molecule has 1 saturated carbocycles. The monoisotopic (exact) mass is 391 g/mol. The van der Waals surface area contributed by atoms with Crippen molar-refractivity contribution in [2.75, 3.05) is 24.5 Å². The molecule has 1 aliphatic heterocycles. The maximum atomic E-state index is 13.0. The van der Waals surface area contributed by atoms with E-state index in [0.717, 1.165) is 17.7 Å². The van der Waals surface area contributed by atoms with Crippen molar-refractivity contribution in [2.24, 2.45) is 5.92 Å². The van der Waals surface area contributed by atoms with Crippen LogP contribution in [0.1, 0.15) is 33.6 Å². The maximum absolute atomic E-state index is 13.0. The highest BCUT2D eigenvalue weighted by molar-refractivity contribution is 6.22. The molecule has 0 aromatic heterocycles. The molecule has 29 heavy (non-hydrogen) atoms. The normalized spacial score (nSPS) is 15.2. The SMILES string of the molecule is O=C(CN(C(=O)CN1C(=O)c2ccccc2C1=O)c1ccccc1)NCC1CC1. The third-order valence-corrected chi connectivity index (χ3v) is 5.13. The Hall–Kier alpha value is -3.48. The second-order valence-electron chi connectivity index (χ2n) is 7.30. The number of nitrogens with zero attached hydrogens (tertiary/aromatic N) is 2. The summed E-state index contributed by atoms with van der Waals surface area (Å²) in [7, 11) is 0. The van der Waals surface area contributed by atoms with Gasteiger partial charge in [-0.25, -0.2) is 0 Å². The van der Waals surface area contributed by atoms with Crippen molar-refractivity contribution >= 4 is 29.3 Å². The first-order valence-electron chi connectivity index (χ1n) is 9.62. The van der Waals surface area contributed by atoms with Crippen LogP contribution in [0.25, 0.3) is 0 Å². The molecule has 0 bridgehead atoms. The summed E-state index contributed by atoms with van der Waals surface area (Å²) in [6, 6.07) is 15.3. The molecule has 0 atom stereocenters. The number of nitrogens with one attached hydrogen (secondary N) is 1. The topological polar surface area (TPSA) is 86.8 Å². The molecule has 7 nitrogen and oxygen atoms in total. The lowest BCUT2D eigenvalue weighted by atomic mass is 10.1. The van der Waals surface area contributed by atoms with Gasteiger partial charge in [-0.2, -0.15) is 0 Å². The minimum Gasteiger partial charge on any atom is -0.354 e. The first-order valence-corrected chi connectivity index (χ1v) is 9.62. The Kier molecular flexibility index (Phi) is 5.12. The highest BCUT2D eigenvalue weighted by Gasteiger charge is 2.37. The molecule has 0 spiro atoms. The number of carbonyl (C=O) groups is 4. The maximum Gasteiger partial charge on any atom is 0.262 e. The van der Waals surface area contributed by atoms with Crippen LogP contribution in [0.4, 0.5) is 5.69 Å². The number of imide groups is 1. The van der Waals surface area contributed by atoms with Crippen LogP contribution in [-0.4, -0.2) is 48.2 Å². The average Bonchev–Trinajstić information content (AvgIpc) is 3.55. The number of anilines is 1. The van der Waals surface area contributed by atoms with Gasteiger partial charge in [0.1, 0.15) is 13.1 Å². The van der Waals surface area contributed by atoms with E-state index in [1.807, 2.05) is 6.07 Å². The molecule has 4 rings (SSSR count). The summed E-state index contributed by atoms with van der Waals surface area (Å²) in [4.78, 5) is 52.8. The van der Waals surface area contributed by atoms with Crippen LogP contribution in [-0.2, 0) is 9.59 Å². The molecule has 0 saturated heterocycles. The smallest absolute Gasteiger partial charge is 0.262 e. The Morgan fingerprint density at radius 3 is 2.10 bits per heavy atom. The summed E-state index contributed by atoms with van der Waals surface area (Å²) in [6.45, 7) is 0.0178. The number of fused-ring (bicyclic) bond motifs is 1. The molecule has 0 radical (unpaired) electrons. The van der Waals surface area contributed by atoms with E-state index in [2.05, 4.69) is 5.32 Å². The fourth-order valence-electron chi connectivity index (χ4n) is 3.31. The first-order chi connectivity index (χ1) is 14.0. The van der Waals surface area contributed by atoms with Crippen LogP contribution in [0.15, 0.2) is 54.6 Å². The van der Waals surface area contributed by atoms with Crippen LogP contribution in [0.2, 0.25) is 0 Å². The van der Waals surface area contributed by atoms with Gasteiger partial charge in [-0.15, -0.1) is 0 Å². The molecule has 1 N–H and O–H groups in total. The van der Waals surface area contributed by atoms with E-state index in [1.54, 1.807) is 48.5 Å². The van der Waals surface area contributed by atoms with Crippen LogP contribution >= 0.6 is 0 Å². The summed E-state index contributed by atoms with van der Waals surface area (Å²) >= 11 is 0. The predicted octanol–water partition coefficient (Wildman–Crippen LogP) is 1.84. The number of hydrogen-bond acceptors (Lipinski definition) is 4. The molecule has 7 heteroatoms. The predicted molar refractivity (Wildman–Crippen MR) is 106 cm³/mol. The summed E-state index contributed by atoms with van der Waals surface area (Å²) in [5.74, 6) is -1.22. The zero-order chi connectivity index (χ0) is 20.4. The number of benzene rings is 2. The number of carbonyl (C=O) groups excluding carboxylic acids is 4. The summed E-state index contributed by atoms with van der Waals surface area (Å²) in [5.41, 5.74) is 1.12. The van der Waals surface area contributed by atoms with Gasteiger partial charge in [0.05, 0.1) is 11.1 Å². The highest BCUT2D eigenvalue weighted by atomic mass is 16.2. The molecule has 148 valence electrons. The minimum absolute atomic E-state index is 0.168. The van der Waals surface area contributed by atoms with E-state index in [9.17, 15) is 19.2 Å². The van der Waals surface area contributed by atoms with Gasteiger partial charge < -0.3 is 10.2 Å². The van der Waals surface area contributed by atoms with Crippen LogP contribution < -0.4 is 10.2 Å². The zero-order valence-corrected chi connectivity index (χ0v) is 15.8. The highest BCUT2D eigenvalue weighted by Crippen LogP contribution is 2.27. The van der Waals surface area contributed by atoms with Crippen molar-refractivity contribution < 1.29 is 19.2 Å². The lowest BCUT2D eigenvalue weighted by molar-refractivity contribution is -0.124. The molecular weight excluding hydrogens is 370 g/mol. The van der Waals surface area contributed by atoms with Crippen molar-refractivity contribution in [2.45, 2.75) is 12.8 Å². The van der Waals surface area contributed by atoms with E-state index < -0.39 is 24.3 Å². The van der Waals surface area contributed by atoms with Gasteiger partial charge in [0.25, 0.3) is 11.8 Å². The third kappa shape index (κ3) is 4.03. The Morgan fingerprint density at radius 2 is 1.52 bits per heavy atom. The standard InChI is InChI=1S/C22H21N3O4/c26-19(23-12-15-10-11-15)13-24(16-6-2-1-3-7-16)20(27)14-25-21(28)17-8-4-5-9-18(17)22(25)29/h1-9,15H,10-14H2,(H,23,26). The average molecular weight is 391 g/mol. The second kappa shape index (κ2) is 7.87. The van der Waals surface area contributed by atoms with Crippen molar-refractivity contribution in [1.29, 1.82) is 0 Å². The van der Waals surface area contributed by atoms with Crippen molar-refractivity contribution in [1.82, 2.24) is 10.2 Å². The van der Waals surface area contributed by atoms with E-state index >= 15 is 0 Å². The van der Waals surface area contributed by atoms with Gasteiger partial charge >= 0.3 is 0 Å². The molecule has 1 aliphatic carbocycles. The Labute approximate surface area is 168 Å². The quantitative estimate of drug-likeness (QED) is 0.730. The van der Waals surface area contributed by atoms with E-state index in [4.69, 9.17) is 0 Å². The lowest BCUT2D eigenvalue weighted by Gasteiger charge is -2.24. The first kappa shape index (κ1) is 18.9. The number of rotatable bonds is 7. The third-order valence-electron chi connectivity index (χ3n) is 5.13. The van der Waals surface area contributed by atoms with Crippen LogP contribution in [0, 0.1) is 5.92 Å². The molecule has 1 fully saturated rings. The molecule has 4 amide bonds. The van der Waals surface area contributed by atoms with Crippen molar-refractivity contribution in [3.63, 3.8) is 0 Å². The summed E-state index contributed by atoms with van der Waals surface area (Å²) in [6.07, 6.45) is 2.22. The van der Waals surface area contributed by atoms with Crippen LogP contribution in [0.3, 0.4) is 0 Å². The van der Waals surface area contributed by atoms with E-state index in [0.29, 0.717) is 29.3 Å². The lowest BCUT2D eigenvalue weighted by Crippen LogP contribution is -2.47. The number of hydrogen-bond donors (Lipinski definition) is 1. The molecular formula is C22H21N3O4.